The number of hydrogen-bond donors (Lipinski definition) is 2. The molecule has 4 aliphatic carbocycles. The molecule has 4 bridgehead atoms. The molecule has 5 fully saturated rings. The van der Waals surface area contributed by atoms with Gasteiger partial charge in [0.25, 0.3) is 0 Å². The quantitative estimate of drug-likeness (QED) is 0.560. The van der Waals surface area contributed by atoms with E-state index in [1.807, 2.05) is 23.1 Å². The number of fused-ring (bicyclic) bond motifs is 1. The lowest BCUT2D eigenvalue weighted by Crippen LogP contribution is -2.63. The van der Waals surface area contributed by atoms with Crippen molar-refractivity contribution in [3.63, 3.8) is 0 Å². The molecule has 2 aromatic rings. The van der Waals surface area contributed by atoms with Crippen molar-refractivity contribution in [1.82, 2.24) is 9.62 Å². The zero-order chi connectivity index (χ0) is 28.4. The minimum atomic E-state index is -3.15. The predicted molar refractivity (Wildman–Crippen MR) is 161 cm³/mol. The largest absolute Gasteiger partial charge is 0.390 e. The number of piperazine rings is 1. The fourth-order valence-corrected chi connectivity index (χ4v) is 9.61. The number of carbonyl (C=O) groups excluding carboxylic acids is 1. The summed E-state index contributed by atoms with van der Waals surface area (Å²) in [4.78, 5) is 20.1. The number of amides is 2. The Hall–Kier alpha value is -2.82. The molecule has 2 heterocycles. The number of carbonyl (C=O) groups is 1. The van der Waals surface area contributed by atoms with Gasteiger partial charge in [0, 0.05) is 56.7 Å². The average Bonchev–Trinajstić information content (AvgIpc) is 2.97. The lowest BCUT2D eigenvalue weighted by Gasteiger charge is -2.58. The Morgan fingerprint density at radius 2 is 1.51 bits per heavy atom. The van der Waals surface area contributed by atoms with Gasteiger partial charge < -0.3 is 20.2 Å². The van der Waals surface area contributed by atoms with Crippen LogP contribution in [-0.2, 0) is 10.0 Å². The molecule has 2 atom stereocenters. The lowest BCUT2D eigenvalue weighted by molar-refractivity contribution is -0.136. The van der Waals surface area contributed by atoms with Crippen molar-refractivity contribution in [2.75, 3.05) is 59.7 Å². The van der Waals surface area contributed by atoms with Gasteiger partial charge in [-0.15, -0.1) is 0 Å². The summed E-state index contributed by atoms with van der Waals surface area (Å²) in [6.07, 6.45) is 4.82. The maximum absolute atomic E-state index is 13.7. The van der Waals surface area contributed by atoms with Gasteiger partial charge in [0.15, 0.2) is 0 Å². The Kier molecular flexibility index (Phi) is 6.71. The third-order valence-corrected chi connectivity index (χ3v) is 12.2. The number of rotatable bonds is 5. The molecule has 2 unspecified atom stereocenters. The predicted octanol–water partition coefficient (Wildman–Crippen LogP) is 3.77. The van der Waals surface area contributed by atoms with E-state index >= 15 is 0 Å². The van der Waals surface area contributed by atoms with E-state index in [9.17, 15) is 18.3 Å². The van der Waals surface area contributed by atoms with Crippen molar-refractivity contribution < 1.29 is 18.3 Å². The second-order valence-corrected chi connectivity index (χ2v) is 15.0. The second-order valence-electron chi connectivity index (χ2n) is 12.8. The van der Waals surface area contributed by atoms with Crippen molar-refractivity contribution in [1.29, 1.82) is 0 Å². The number of para-hydroxylation sites is 2. The first-order chi connectivity index (χ1) is 19.7. The number of nitrogens with zero attached hydrogens (tertiary/aromatic N) is 4. The standard InChI is InChI=1S/C31H41N5O4S/c1-2-41(39,40)34-13-11-33(12-14-34)25-7-9-26(10-8-25)35-15-16-36(28-6-4-3-5-27(28)35)30(37)32-29-23-17-22-18-24(29)21-31(38,19-22)20-23/h3-10,22-24,29,38H,2,11-21H2,1H3,(H,32,37). The molecule has 8 rings (SSSR count). The molecular weight excluding hydrogens is 538 g/mol. The Morgan fingerprint density at radius 1 is 0.878 bits per heavy atom. The van der Waals surface area contributed by atoms with Crippen molar-refractivity contribution >= 4 is 38.8 Å². The van der Waals surface area contributed by atoms with Crippen molar-refractivity contribution in [2.24, 2.45) is 17.8 Å². The smallest absolute Gasteiger partial charge is 0.322 e. The summed E-state index contributed by atoms with van der Waals surface area (Å²) >= 11 is 0. The first-order valence-electron chi connectivity index (χ1n) is 15.2. The summed E-state index contributed by atoms with van der Waals surface area (Å²) in [6, 6.07) is 16.7. The fourth-order valence-electron chi connectivity index (χ4n) is 8.53. The molecule has 2 aliphatic heterocycles. The summed E-state index contributed by atoms with van der Waals surface area (Å²) in [7, 11) is -3.15. The summed E-state index contributed by atoms with van der Waals surface area (Å²) in [6.45, 7) is 5.36. The molecule has 10 heteroatoms. The van der Waals surface area contributed by atoms with E-state index < -0.39 is 15.6 Å². The molecule has 0 radical (unpaired) electrons. The van der Waals surface area contributed by atoms with Crippen LogP contribution in [-0.4, -0.2) is 80.5 Å². The van der Waals surface area contributed by atoms with E-state index in [1.165, 1.54) is 0 Å². The van der Waals surface area contributed by atoms with E-state index in [0.29, 0.717) is 57.0 Å². The summed E-state index contributed by atoms with van der Waals surface area (Å²) in [5, 5.41) is 14.4. The average molecular weight is 580 g/mol. The summed E-state index contributed by atoms with van der Waals surface area (Å²) < 4.78 is 26.0. The summed E-state index contributed by atoms with van der Waals surface area (Å²) in [5.41, 5.74) is 3.59. The monoisotopic (exact) mass is 579 g/mol. The third-order valence-electron chi connectivity index (χ3n) is 10.3. The molecule has 2 N–H and O–H groups in total. The van der Waals surface area contributed by atoms with E-state index in [4.69, 9.17) is 0 Å². The fraction of sp³-hybridized carbons (Fsp3) is 0.581. The molecule has 2 aromatic carbocycles. The number of benzene rings is 2. The molecule has 1 saturated heterocycles. The highest BCUT2D eigenvalue weighted by molar-refractivity contribution is 7.89. The number of anilines is 4. The van der Waals surface area contributed by atoms with Crippen LogP contribution in [0.2, 0.25) is 0 Å². The highest BCUT2D eigenvalue weighted by atomic mass is 32.2. The van der Waals surface area contributed by atoms with Crippen LogP contribution < -0.4 is 20.0 Å². The Balaban J connectivity index is 1.04. The minimum absolute atomic E-state index is 0.0267. The van der Waals surface area contributed by atoms with Crippen LogP contribution >= 0.6 is 0 Å². The number of aliphatic hydroxyl groups is 1. The van der Waals surface area contributed by atoms with Gasteiger partial charge in [-0.05, 0) is 93.2 Å². The number of hydrogen-bond acceptors (Lipinski definition) is 6. The maximum atomic E-state index is 13.7. The van der Waals surface area contributed by atoms with Gasteiger partial charge in [-0.25, -0.2) is 13.2 Å². The molecule has 41 heavy (non-hydrogen) atoms. The van der Waals surface area contributed by atoms with Gasteiger partial charge in [0.1, 0.15) is 0 Å². The maximum Gasteiger partial charge on any atom is 0.322 e. The highest BCUT2D eigenvalue weighted by Gasteiger charge is 2.55. The van der Waals surface area contributed by atoms with Gasteiger partial charge in [-0.1, -0.05) is 12.1 Å². The Bertz CT molecular complexity index is 1390. The number of nitrogens with one attached hydrogen (secondary N) is 1. The highest BCUT2D eigenvalue weighted by Crippen LogP contribution is 2.55. The van der Waals surface area contributed by atoms with Crippen LogP contribution in [0, 0.1) is 17.8 Å². The van der Waals surface area contributed by atoms with Crippen LogP contribution in [0.1, 0.15) is 39.0 Å². The number of sulfonamides is 1. The molecule has 9 nitrogen and oxygen atoms in total. The molecule has 220 valence electrons. The van der Waals surface area contributed by atoms with Crippen molar-refractivity contribution in [3.05, 3.63) is 48.5 Å². The normalized spacial score (nSPS) is 31.3. The molecule has 0 spiro atoms. The van der Waals surface area contributed by atoms with E-state index in [2.05, 4.69) is 45.4 Å². The van der Waals surface area contributed by atoms with E-state index in [0.717, 1.165) is 54.9 Å². The van der Waals surface area contributed by atoms with Crippen LogP contribution in [0.15, 0.2) is 48.5 Å². The molecule has 4 saturated carbocycles. The Labute approximate surface area is 243 Å². The van der Waals surface area contributed by atoms with Crippen LogP contribution in [0.25, 0.3) is 0 Å². The topological polar surface area (TPSA) is 96.4 Å². The zero-order valence-corrected chi connectivity index (χ0v) is 24.6. The minimum Gasteiger partial charge on any atom is -0.390 e. The van der Waals surface area contributed by atoms with Gasteiger partial charge in [0.05, 0.1) is 22.7 Å². The zero-order valence-electron chi connectivity index (χ0n) is 23.8. The van der Waals surface area contributed by atoms with E-state index in [1.54, 1.807) is 11.2 Å². The second kappa shape index (κ2) is 10.2. The van der Waals surface area contributed by atoms with Gasteiger partial charge in [0.2, 0.25) is 10.0 Å². The molecule has 6 aliphatic rings. The van der Waals surface area contributed by atoms with Gasteiger partial charge in [-0.2, -0.15) is 4.31 Å². The lowest BCUT2D eigenvalue weighted by atomic mass is 9.52. The third kappa shape index (κ3) is 4.87. The molecule has 0 aromatic heterocycles. The SMILES string of the molecule is CCS(=O)(=O)N1CCN(c2ccc(N3CCN(C(=O)NC4C5CC6CC4CC(O)(C6)C5)c4ccccc43)cc2)CC1. The van der Waals surface area contributed by atoms with Crippen LogP contribution in [0.3, 0.4) is 0 Å². The van der Waals surface area contributed by atoms with Gasteiger partial charge >= 0.3 is 6.03 Å². The molecule has 2 amide bonds. The summed E-state index contributed by atoms with van der Waals surface area (Å²) in [5.74, 6) is 1.52. The first-order valence-corrected chi connectivity index (χ1v) is 16.8. The van der Waals surface area contributed by atoms with Crippen molar-refractivity contribution in [3.8, 4) is 0 Å². The van der Waals surface area contributed by atoms with Crippen LogP contribution in [0.4, 0.5) is 27.5 Å². The molecular formula is C31H41N5O4S. The van der Waals surface area contributed by atoms with Crippen LogP contribution in [0.5, 0.6) is 0 Å². The Morgan fingerprint density at radius 3 is 2.15 bits per heavy atom. The first kappa shape index (κ1) is 27.0. The van der Waals surface area contributed by atoms with Crippen molar-refractivity contribution in [2.45, 2.75) is 50.7 Å². The van der Waals surface area contributed by atoms with Gasteiger partial charge in [-0.3, -0.25) is 4.90 Å². The van der Waals surface area contributed by atoms with E-state index in [-0.39, 0.29) is 17.8 Å². The number of urea groups is 1.